The van der Waals surface area contributed by atoms with Crippen molar-refractivity contribution in [2.24, 2.45) is 5.92 Å². The summed E-state index contributed by atoms with van der Waals surface area (Å²) >= 11 is 0. The highest BCUT2D eigenvalue weighted by Crippen LogP contribution is 2.29. The van der Waals surface area contributed by atoms with Crippen molar-refractivity contribution in [3.05, 3.63) is 35.1 Å². The van der Waals surface area contributed by atoms with Crippen molar-refractivity contribution in [1.82, 2.24) is 0 Å². The number of hydrogen-bond donors (Lipinski definition) is 0. The molecule has 0 aromatic heterocycles. The Morgan fingerprint density at radius 3 is 2.19 bits per heavy atom. The molecule has 1 aromatic carbocycles. The molecular formula is C26H41FO4. The molecule has 1 saturated heterocycles. The Kier molecular flexibility index (Phi) is 12.8. The molecule has 31 heavy (non-hydrogen) atoms. The molecule has 1 aromatic rings. The molecule has 0 bridgehead atoms. The van der Waals surface area contributed by atoms with Crippen LogP contribution in [-0.2, 0) is 14.2 Å². The normalized spacial score (nSPS) is 18.8. The van der Waals surface area contributed by atoms with E-state index < -0.39 is 18.1 Å². The number of hydrogen-bond acceptors (Lipinski definition) is 4. The summed E-state index contributed by atoms with van der Waals surface area (Å²) in [5.41, 5.74) is 0.570. The number of rotatable bonds is 15. The molecule has 0 saturated carbocycles. The van der Waals surface area contributed by atoms with Crippen LogP contribution in [0.15, 0.2) is 18.2 Å². The van der Waals surface area contributed by atoms with E-state index in [1.54, 1.807) is 12.1 Å². The summed E-state index contributed by atoms with van der Waals surface area (Å²) in [7, 11) is 0. The number of esters is 1. The lowest BCUT2D eigenvalue weighted by Gasteiger charge is -2.30. The monoisotopic (exact) mass is 436 g/mol. The zero-order valence-corrected chi connectivity index (χ0v) is 19.5. The van der Waals surface area contributed by atoms with Crippen LogP contribution in [-0.4, -0.2) is 25.8 Å². The van der Waals surface area contributed by atoms with E-state index in [4.69, 9.17) is 14.2 Å². The molecule has 176 valence electrons. The summed E-state index contributed by atoms with van der Waals surface area (Å²) in [4.78, 5) is 12.1. The first-order valence-corrected chi connectivity index (χ1v) is 12.4. The van der Waals surface area contributed by atoms with Crippen LogP contribution < -0.4 is 0 Å². The van der Waals surface area contributed by atoms with Crippen molar-refractivity contribution in [3.8, 4) is 0 Å². The van der Waals surface area contributed by atoms with Crippen LogP contribution in [0.4, 0.5) is 4.39 Å². The molecule has 4 nitrogen and oxygen atoms in total. The molecule has 0 radical (unpaired) electrons. The largest absolute Gasteiger partial charge is 0.462 e. The maximum atomic E-state index is 14.6. The van der Waals surface area contributed by atoms with Gasteiger partial charge in [0.05, 0.1) is 25.4 Å². The quantitative estimate of drug-likeness (QED) is 0.213. The van der Waals surface area contributed by atoms with Crippen LogP contribution in [0.1, 0.15) is 113 Å². The van der Waals surface area contributed by atoms with Crippen LogP contribution in [0.5, 0.6) is 0 Å². The Hall–Kier alpha value is -1.46. The molecule has 1 heterocycles. The summed E-state index contributed by atoms with van der Waals surface area (Å²) in [5.74, 6) is -0.598. The Morgan fingerprint density at radius 2 is 1.55 bits per heavy atom. The molecule has 0 N–H and O–H groups in total. The zero-order valence-electron chi connectivity index (χ0n) is 19.5. The van der Waals surface area contributed by atoms with E-state index in [1.807, 2.05) is 0 Å². The molecule has 1 aliphatic heterocycles. The topological polar surface area (TPSA) is 44.8 Å². The maximum absolute atomic E-state index is 14.6. The summed E-state index contributed by atoms with van der Waals surface area (Å²) < 4.78 is 31.4. The Morgan fingerprint density at radius 1 is 0.935 bits per heavy atom. The molecule has 1 aliphatic rings. The second-order valence-corrected chi connectivity index (χ2v) is 8.71. The van der Waals surface area contributed by atoms with Crippen molar-refractivity contribution in [3.63, 3.8) is 0 Å². The minimum absolute atomic E-state index is 0.228. The second-order valence-electron chi connectivity index (χ2n) is 8.71. The van der Waals surface area contributed by atoms with E-state index in [1.165, 1.54) is 57.4 Å². The fraction of sp³-hybridized carbons (Fsp3) is 0.731. The fourth-order valence-electron chi connectivity index (χ4n) is 3.90. The number of ether oxygens (including phenoxy) is 3. The maximum Gasteiger partial charge on any atom is 0.338 e. The van der Waals surface area contributed by atoms with Gasteiger partial charge in [-0.2, -0.15) is 0 Å². The van der Waals surface area contributed by atoms with Gasteiger partial charge in [0.25, 0.3) is 0 Å². The molecule has 0 aliphatic carbocycles. The van der Waals surface area contributed by atoms with Crippen molar-refractivity contribution in [2.45, 2.75) is 97.2 Å². The predicted molar refractivity (Wildman–Crippen MR) is 122 cm³/mol. The Balaban J connectivity index is 1.70. The average molecular weight is 437 g/mol. The summed E-state index contributed by atoms with van der Waals surface area (Å²) in [5, 5.41) is 0. The first-order chi connectivity index (χ1) is 15.2. The van der Waals surface area contributed by atoms with E-state index in [0.29, 0.717) is 31.3 Å². The first kappa shape index (κ1) is 25.8. The van der Waals surface area contributed by atoms with Gasteiger partial charge >= 0.3 is 5.97 Å². The molecule has 5 heteroatoms. The standard InChI is InChI=1S/C26H41FO4/c1-3-5-7-9-10-12-14-21-19-30-26(31-20-21)23-16-15-22(18-24(23)27)25(28)29-17-13-11-8-6-4-2/h15-16,18,21,26H,3-14,17,19-20H2,1-2H3. The molecule has 0 amide bonds. The van der Waals surface area contributed by atoms with Gasteiger partial charge in [-0.05, 0) is 25.0 Å². The molecular weight excluding hydrogens is 395 g/mol. The number of halogens is 1. The van der Waals surface area contributed by atoms with Gasteiger partial charge in [-0.15, -0.1) is 0 Å². The lowest BCUT2D eigenvalue weighted by atomic mass is 10.0. The minimum atomic E-state index is -0.704. The third-order valence-corrected chi connectivity index (χ3v) is 5.90. The van der Waals surface area contributed by atoms with Crippen LogP contribution in [0, 0.1) is 11.7 Å². The minimum Gasteiger partial charge on any atom is -0.462 e. The van der Waals surface area contributed by atoms with Gasteiger partial charge in [-0.1, -0.05) is 84.1 Å². The second kappa shape index (κ2) is 15.4. The number of unbranched alkanes of at least 4 members (excludes halogenated alkanes) is 9. The van der Waals surface area contributed by atoms with E-state index in [-0.39, 0.29) is 5.56 Å². The summed E-state index contributed by atoms with van der Waals surface area (Å²) in [6, 6.07) is 4.39. The highest BCUT2D eigenvalue weighted by molar-refractivity contribution is 5.89. The number of carbonyl (C=O) groups excluding carboxylic acids is 1. The molecule has 0 spiro atoms. The van der Waals surface area contributed by atoms with Crippen LogP contribution in [0.2, 0.25) is 0 Å². The van der Waals surface area contributed by atoms with Gasteiger partial charge in [-0.25, -0.2) is 9.18 Å². The summed E-state index contributed by atoms with van der Waals surface area (Å²) in [6.45, 7) is 5.94. The molecule has 0 unspecified atom stereocenters. The van der Waals surface area contributed by atoms with E-state index in [9.17, 15) is 9.18 Å². The van der Waals surface area contributed by atoms with Gasteiger partial charge in [0.1, 0.15) is 5.82 Å². The average Bonchev–Trinajstić information content (AvgIpc) is 2.79. The van der Waals surface area contributed by atoms with Crippen molar-refractivity contribution in [1.29, 1.82) is 0 Å². The summed E-state index contributed by atoms with van der Waals surface area (Å²) in [6.07, 6.45) is 13.4. The highest BCUT2D eigenvalue weighted by atomic mass is 19.1. The van der Waals surface area contributed by atoms with E-state index >= 15 is 0 Å². The SMILES string of the molecule is CCCCCCCCC1COC(c2ccc(C(=O)OCCCCCCC)cc2F)OC1. The highest BCUT2D eigenvalue weighted by Gasteiger charge is 2.26. The molecule has 1 fully saturated rings. The molecule has 0 atom stereocenters. The number of carbonyl (C=O) groups is 1. The van der Waals surface area contributed by atoms with E-state index in [2.05, 4.69) is 13.8 Å². The third kappa shape index (κ3) is 9.69. The van der Waals surface area contributed by atoms with Crippen molar-refractivity contribution >= 4 is 5.97 Å². The Labute approximate surface area is 187 Å². The van der Waals surface area contributed by atoms with Gasteiger partial charge < -0.3 is 14.2 Å². The number of benzene rings is 1. The molecule has 2 rings (SSSR count). The van der Waals surface area contributed by atoms with Crippen LogP contribution in [0.3, 0.4) is 0 Å². The fourth-order valence-corrected chi connectivity index (χ4v) is 3.90. The first-order valence-electron chi connectivity index (χ1n) is 12.4. The van der Waals surface area contributed by atoms with E-state index in [0.717, 1.165) is 25.7 Å². The van der Waals surface area contributed by atoms with Gasteiger partial charge in [-0.3, -0.25) is 0 Å². The van der Waals surface area contributed by atoms with Crippen molar-refractivity contribution < 1.29 is 23.4 Å². The van der Waals surface area contributed by atoms with Gasteiger partial charge in [0.2, 0.25) is 0 Å². The van der Waals surface area contributed by atoms with Gasteiger partial charge in [0, 0.05) is 11.5 Å². The zero-order chi connectivity index (χ0) is 22.3. The van der Waals surface area contributed by atoms with Gasteiger partial charge in [0.15, 0.2) is 6.29 Å². The Bertz CT molecular complexity index is 626. The van der Waals surface area contributed by atoms with Crippen molar-refractivity contribution in [2.75, 3.05) is 19.8 Å². The lowest BCUT2D eigenvalue weighted by Crippen LogP contribution is -2.27. The van der Waals surface area contributed by atoms with Crippen LogP contribution in [0.25, 0.3) is 0 Å². The smallest absolute Gasteiger partial charge is 0.338 e. The van der Waals surface area contributed by atoms with Crippen LogP contribution >= 0.6 is 0 Å². The lowest BCUT2D eigenvalue weighted by molar-refractivity contribution is -0.207. The predicted octanol–water partition coefficient (Wildman–Crippen LogP) is 7.37. The third-order valence-electron chi connectivity index (χ3n) is 5.90.